The van der Waals surface area contributed by atoms with Crippen molar-refractivity contribution in [2.45, 2.75) is 56.0 Å². The lowest BCUT2D eigenvalue weighted by molar-refractivity contribution is -0.130. The summed E-state index contributed by atoms with van der Waals surface area (Å²) in [5, 5.41) is 5.06. The second kappa shape index (κ2) is 7.80. The number of carbonyl (C=O) groups excluding carboxylic acids is 1. The maximum Gasteiger partial charge on any atom is 0.261 e. The molecule has 1 aromatic heterocycles. The smallest absolute Gasteiger partial charge is 0.261 e. The zero-order chi connectivity index (χ0) is 21.9. The fourth-order valence-corrected chi connectivity index (χ4v) is 8.82. The van der Waals surface area contributed by atoms with Crippen molar-refractivity contribution in [3.63, 3.8) is 0 Å². The predicted molar refractivity (Wildman–Crippen MR) is 122 cm³/mol. The number of hydrogen-bond acceptors (Lipinski definition) is 4. The highest BCUT2D eigenvalue weighted by molar-refractivity contribution is 7.89. The average Bonchev–Trinajstić information content (AvgIpc) is 2.80. The Labute approximate surface area is 189 Å². The average molecular weight is 454 g/mol. The quantitative estimate of drug-likeness (QED) is 0.768. The van der Waals surface area contributed by atoms with Gasteiger partial charge in [-0.1, -0.05) is 24.3 Å². The van der Waals surface area contributed by atoms with Gasteiger partial charge in [0.1, 0.15) is 0 Å². The molecule has 2 aromatic rings. The monoisotopic (exact) mass is 453 g/mol. The van der Waals surface area contributed by atoms with Gasteiger partial charge in [-0.25, -0.2) is 13.4 Å². The van der Waals surface area contributed by atoms with Crippen LogP contribution in [0, 0.1) is 29.6 Å². The van der Waals surface area contributed by atoms with Gasteiger partial charge >= 0.3 is 0 Å². The van der Waals surface area contributed by atoms with E-state index in [-0.39, 0.29) is 16.9 Å². The Morgan fingerprint density at radius 1 is 0.938 bits per heavy atom. The van der Waals surface area contributed by atoms with E-state index in [1.807, 2.05) is 24.3 Å². The van der Waals surface area contributed by atoms with Gasteiger partial charge < -0.3 is 5.32 Å². The van der Waals surface area contributed by atoms with Crippen LogP contribution in [0.5, 0.6) is 0 Å². The Morgan fingerprint density at radius 3 is 2.28 bits per heavy atom. The molecule has 5 aliphatic rings. The van der Waals surface area contributed by atoms with Gasteiger partial charge in [0.05, 0.1) is 0 Å². The molecule has 6 nitrogen and oxygen atoms in total. The van der Waals surface area contributed by atoms with Gasteiger partial charge in [-0.15, -0.1) is 0 Å². The van der Waals surface area contributed by atoms with Crippen LogP contribution in [0.2, 0.25) is 0 Å². The summed E-state index contributed by atoms with van der Waals surface area (Å²) < 4.78 is 28.2. The molecule has 4 aliphatic carbocycles. The molecule has 4 bridgehead atoms. The highest BCUT2D eigenvalue weighted by Crippen LogP contribution is 2.53. The van der Waals surface area contributed by atoms with Crippen molar-refractivity contribution in [3.05, 3.63) is 36.5 Å². The van der Waals surface area contributed by atoms with Crippen molar-refractivity contribution in [1.29, 1.82) is 0 Å². The maximum atomic E-state index is 13.3. The van der Waals surface area contributed by atoms with Crippen LogP contribution in [0.1, 0.15) is 44.9 Å². The van der Waals surface area contributed by atoms with Gasteiger partial charge in [-0.2, -0.15) is 4.31 Å². The van der Waals surface area contributed by atoms with E-state index >= 15 is 0 Å². The third-order valence-corrected chi connectivity index (χ3v) is 10.4. The van der Waals surface area contributed by atoms with Crippen LogP contribution in [0.15, 0.2) is 41.6 Å². The summed E-state index contributed by atoms with van der Waals surface area (Å²) in [6.07, 6.45) is 9.25. The molecule has 1 N–H and O–H groups in total. The summed E-state index contributed by atoms with van der Waals surface area (Å²) >= 11 is 0. The van der Waals surface area contributed by atoms with E-state index in [1.165, 1.54) is 36.4 Å². The first-order chi connectivity index (χ1) is 15.5. The third kappa shape index (κ3) is 3.45. The minimum absolute atomic E-state index is 0.0980. The molecule has 7 heteroatoms. The maximum absolute atomic E-state index is 13.3. The topological polar surface area (TPSA) is 79.4 Å². The number of rotatable bonds is 4. The molecule has 0 unspecified atom stereocenters. The highest BCUT2D eigenvalue weighted by atomic mass is 32.2. The summed E-state index contributed by atoms with van der Waals surface area (Å²) in [6, 6.07) is 9.61. The van der Waals surface area contributed by atoms with Crippen LogP contribution in [0.3, 0.4) is 0 Å². The lowest BCUT2D eigenvalue weighted by Gasteiger charge is -2.54. The van der Waals surface area contributed by atoms with Gasteiger partial charge in [-0.3, -0.25) is 4.79 Å². The van der Waals surface area contributed by atoms with Crippen LogP contribution in [-0.2, 0) is 14.8 Å². The number of amides is 1. The second-order valence-electron chi connectivity index (χ2n) is 10.5. The summed E-state index contributed by atoms with van der Waals surface area (Å²) in [5.74, 6) is 3.15. The molecular weight excluding hydrogens is 422 g/mol. The van der Waals surface area contributed by atoms with Crippen LogP contribution in [-0.4, -0.2) is 42.7 Å². The third-order valence-electron chi connectivity index (χ3n) is 8.58. The Bertz CT molecular complexity index is 1110. The lowest BCUT2D eigenvalue weighted by atomic mass is 9.54. The first-order valence-electron chi connectivity index (χ1n) is 12.1. The van der Waals surface area contributed by atoms with Crippen LogP contribution >= 0.6 is 0 Å². The van der Waals surface area contributed by atoms with E-state index in [0.717, 1.165) is 17.2 Å². The fourth-order valence-electron chi connectivity index (χ4n) is 7.22. The van der Waals surface area contributed by atoms with Crippen LogP contribution in [0.4, 0.5) is 0 Å². The number of carbonyl (C=O) groups is 1. The number of piperidine rings is 1. The van der Waals surface area contributed by atoms with Crippen molar-refractivity contribution in [1.82, 2.24) is 14.6 Å². The molecule has 1 aromatic carbocycles. The number of hydrogen-bond donors (Lipinski definition) is 1. The SMILES string of the molecule is O=C(NC1C2CC3CC(C2)CC1C3)C1CCN(S(=O)(=O)c2nccc3ccccc23)CC1. The molecule has 7 rings (SSSR count). The van der Waals surface area contributed by atoms with Gasteiger partial charge in [-0.05, 0) is 80.1 Å². The van der Waals surface area contributed by atoms with Crippen molar-refractivity contribution in [2.75, 3.05) is 13.1 Å². The molecule has 1 saturated heterocycles. The minimum Gasteiger partial charge on any atom is -0.353 e. The largest absolute Gasteiger partial charge is 0.353 e. The molecule has 0 spiro atoms. The van der Waals surface area contributed by atoms with E-state index in [2.05, 4.69) is 10.3 Å². The summed E-state index contributed by atoms with van der Waals surface area (Å²) in [6.45, 7) is 0.736. The van der Waals surface area contributed by atoms with Crippen molar-refractivity contribution in [3.8, 4) is 0 Å². The summed E-state index contributed by atoms with van der Waals surface area (Å²) in [7, 11) is -3.69. The molecule has 170 valence electrons. The van der Waals surface area contributed by atoms with E-state index < -0.39 is 10.0 Å². The van der Waals surface area contributed by atoms with Gasteiger partial charge in [0.15, 0.2) is 5.03 Å². The van der Waals surface area contributed by atoms with E-state index in [9.17, 15) is 13.2 Å². The number of sulfonamides is 1. The molecule has 1 amide bonds. The first-order valence-corrected chi connectivity index (χ1v) is 13.6. The minimum atomic E-state index is -3.69. The number of fused-ring (bicyclic) bond motifs is 1. The van der Waals surface area contributed by atoms with Gasteiger partial charge in [0.25, 0.3) is 10.0 Å². The Kier molecular flexibility index (Phi) is 5.02. The Morgan fingerprint density at radius 2 is 1.59 bits per heavy atom. The summed E-state index contributed by atoms with van der Waals surface area (Å²) in [4.78, 5) is 17.3. The second-order valence-corrected chi connectivity index (χ2v) is 12.3. The molecule has 5 fully saturated rings. The van der Waals surface area contributed by atoms with E-state index in [4.69, 9.17) is 0 Å². The number of nitrogens with zero attached hydrogens (tertiary/aromatic N) is 2. The molecular formula is C25H31N3O3S. The highest BCUT2D eigenvalue weighted by Gasteiger charge is 2.49. The van der Waals surface area contributed by atoms with Crippen LogP contribution in [0.25, 0.3) is 10.8 Å². The predicted octanol–water partition coefficient (Wildman–Crippen LogP) is 3.58. The van der Waals surface area contributed by atoms with E-state index in [1.54, 1.807) is 12.3 Å². The number of benzene rings is 1. The summed E-state index contributed by atoms with van der Waals surface area (Å²) in [5.41, 5.74) is 0. The van der Waals surface area contributed by atoms with Crippen molar-refractivity contribution in [2.24, 2.45) is 29.6 Å². The molecule has 2 heterocycles. The molecule has 32 heavy (non-hydrogen) atoms. The lowest BCUT2D eigenvalue weighted by Crippen LogP contribution is -2.57. The van der Waals surface area contributed by atoms with Crippen molar-refractivity contribution >= 4 is 26.7 Å². The molecule has 1 aliphatic heterocycles. The Hall–Kier alpha value is -1.99. The molecule has 0 atom stereocenters. The first kappa shape index (κ1) is 20.6. The normalized spacial score (nSPS) is 32.9. The number of aromatic nitrogens is 1. The molecule has 0 radical (unpaired) electrons. The van der Waals surface area contributed by atoms with Gasteiger partial charge in [0.2, 0.25) is 5.91 Å². The zero-order valence-corrected chi connectivity index (χ0v) is 19.1. The molecule has 4 saturated carbocycles. The number of pyridine rings is 1. The van der Waals surface area contributed by atoms with Gasteiger partial charge in [0, 0.05) is 36.6 Å². The Balaban J connectivity index is 1.12. The number of nitrogens with one attached hydrogen (secondary N) is 1. The van der Waals surface area contributed by atoms with Crippen molar-refractivity contribution < 1.29 is 13.2 Å². The standard InChI is InChI=1S/C25H31N3O3S/c29-24(27-23-20-12-16-11-17(14-20)15-21(23)13-16)19-6-9-28(10-7-19)32(30,31)25-22-4-2-1-3-18(22)5-8-26-25/h1-5,8,16-17,19-21,23H,6-7,9-15H2,(H,27,29). The van der Waals surface area contributed by atoms with E-state index in [0.29, 0.717) is 49.2 Å². The zero-order valence-electron chi connectivity index (χ0n) is 18.3. The van der Waals surface area contributed by atoms with Crippen LogP contribution < -0.4 is 5.32 Å². The fraction of sp³-hybridized carbons (Fsp3) is 0.600.